The van der Waals surface area contributed by atoms with Gasteiger partial charge in [0.2, 0.25) is 0 Å². The fraction of sp³-hybridized carbons (Fsp3) is 0.200. The van der Waals surface area contributed by atoms with Crippen LogP contribution in [0.1, 0.15) is 18.1 Å². The Morgan fingerprint density at radius 2 is 1.88 bits per heavy atom. The fourth-order valence-corrected chi connectivity index (χ4v) is 1.45. The smallest absolute Gasteiger partial charge is 0.0468 e. The first-order valence-corrected chi connectivity index (χ1v) is 5.86. The molecule has 0 saturated heterocycles. The molecule has 0 atom stereocenters. The van der Waals surface area contributed by atoms with Gasteiger partial charge in [0.25, 0.3) is 0 Å². The van der Waals surface area contributed by atoms with Crippen LogP contribution in [0.5, 0.6) is 0 Å². The van der Waals surface area contributed by atoms with Crippen molar-refractivity contribution in [3.05, 3.63) is 65.8 Å². The average molecular weight is 233 g/mol. The van der Waals surface area contributed by atoms with Gasteiger partial charge in [-0.2, -0.15) is 0 Å². The molecule has 16 heavy (non-hydrogen) atoms. The highest BCUT2D eigenvalue weighted by molar-refractivity contribution is 6.19. The summed E-state index contributed by atoms with van der Waals surface area (Å²) in [7, 11) is 0. The fourth-order valence-electron chi connectivity index (χ4n) is 1.36. The van der Waals surface area contributed by atoms with Crippen LogP contribution in [-0.4, -0.2) is 5.88 Å². The number of alkyl halides is 1. The quantitative estimate of drug-likeness (QED) is 0.519. The third-order valence-corrected chi connectivity index (χ3v) is 2.71. The minimum atomic E-state index is 0.474. The normalized spacial score (nSPS) is 12.1. The van der Waals surface area contributed by atoms with Crippen molar-refractivity contribution < 1.29 is 0 Å². The van der Waals surface area contributed by atoms with E-state index in [0.717, 1.165) is 5.57 Å². The van der Waals surface area contributed by atoms with Gasteiger partial charge >= 0.3 is 0 Å². The van der Waals surface area contributed by atoms with Gasteiger partial charge < -0.3 is 0 Å². The zero-order valence-electron chi connectivity index (χ0n) is 9.83. The average Bonchev–Trinajstić information content (AvgIpc) is 2.31. The standard InChI is InChI=1S/C15H17Cl/c1-4-14(8-7-13(3)11-16)15-9-5-12(2)6-10-15/h4-10H,3,11H2,1-2H3/b8-7-,14-4+. The molecule has 0 heterocycles. The molecule has 0 N–H and O–H groups in total. The first-order chi connectivity index (χ1) is 7.67. The summed E-state index contributed by atoms with van der Waals surface area (Å²) in [5.74, 6) is 0.474. The van der Waals surface area contributed by atoms with Crippen molar-refractivity contribution in [2.75, 3.05) is 5.88 Å². The van der Waals surface area contributed by atoms with Gasteiger partial charge in [0.15, 0.2) is 0 Å². The number of hydrogen-bond acceptors (Lipinski definition) is 0. The maximum atomic E-state index is 5.68. The number of aryl methyl sites for hydroxylation is 1. The molecule has 1 aromatic carbocycles. The SMILES string of the molecule is C=C(/C=C\C(=C/C)c1ccc(C)cc1)CCl. The molecule has 0 aliphatic rings. The molecule has 0 amide bonds. The van der Waals surface area contributed by atoms with Crippen molar-refractivity contribution in [3.8, 4) is 0 Å². The molecule has 0 radical (unpaired) electrons. The van der Waals surface area contributed by atoms with Crippen molar-refractivity contribution in [1.29, 1.82) is 0 Å². The molecule has 0 saturated carbocycles. The molecule has 0 nitrogen and oxygen atoms in total. The zero-order chi connectivity index (χ0) is 12.0. The Balaban J connectivity index is 2.88. The molecule has 1 rings (SSSR count). The van der Waals surface area contributed by atoms with Crippen LogP contribution in [0.15, 0.2) is 54.6 Å². The molecule has 0 aromatic heterocycles. The largest absolute Gasteiger partial charge is 0.122 e. The van der Waals surface area contributed by atoms with Crippen LogP contribution >= 0.6 is 11.6 Å². The van der Waals surface area contributed by atoms with Gasteiger partial charge in [-0.1, -0.05) is 54.6 Å². The first kappa shape index (κ1) is 12.8. The molecule has 0 unspecified atom stereocenters. The van der Waals surface area contributed by atoms with Crippen LogP contribution in [0.2, 0.25) is 0 Å². The Morgan fingerprint density at radius 3 is 2.38 bits per heavy atom. The summed E-state index contributed by atoms with van der Waals surface area (Å²) >= 11 is 5.68. The third-order valence-electron chi connectivity index (χ3n) is 2.37. The topological polar surface area (TPSA) is 0 Å². The van der Waals surface area contributed by atoms with E-state index in [2.05, 4.69) is 49.9 Å². The number of hydrogen-bond donors (Lipinski definition) is 0. The van der Waals surface area contributed by atoms with Crippen LogP contribution in [0.3, 0.4) is 0 Å². The lowest BCUT2D eigenvalue weighted by atomic mass is 10.0. The monoisotopic (exact) mass is 232 g/mol. The summed E-state index contributed by atoms with van der Waals surface area (Å²) in [5, 5.41) is 0. The van der Waals surface area contributed by atoms with Crippen molar-refractivity contribution in [2.24, 2.45) is 0 Å². The molecule has 0 bridgehead atoms. The van der Waals surface area contributed by atoms with E-state index < -0.39 is 0 Å². The van der Waals surface area contributed by atoms with E-state index in [-0.39, 0.29) is 0 Å². The van der Waals surface area contributed by atoms with Crippen molar-refractivity contribution in [1.82, 2.24) is 0 Å². The van der Waals surface area contributed by atoms with Gasteiger partial charge in [-0.3, -0.25) is 0 Å². The minimum absolute atomic E-state index is 0.474. The van der Waals surface area contributed by atoms with Crippen molar-refractivity contribution >= 4 is 17.2 Å². The first-order valence-electron chi connectivity index (χ1n) is 5.32. The van der Waals surface area contributed by atoms with Crippen LogP contribution in [0.25, 0.3) is 5.57 Å². The Hall–Kier alpha value is -1.27. The number of benzene rings is 1. The number of rotatable bonds is 4. The lowest BCUT2D eigenvalue weighted by Crippen LogP contribution is -1.82. The van der Waals surface area contributed by atoms with E-state index in [4.69, 9.17) is 11.6 Å². The molecular weight excluding hydrogens is 216 g/mol. The lowest BCUT2D eigenvalue weighted by molar-refractivity contribution is 1.45. The molecule has 0 fully saturated rings. The van der Waals surface area contributed by atoms with Gasteiger partial charge in [-0.05, 0) is 30.6 Å². The van der Waals surface area contributed by atoms with E-state index >= 15 is 0 Å². The maximum absolute atomic E-state index is 5.68. The zero-order valence-corrected chi connectivity index (χ0v) is 10.6. The maximum Gasteiger partial charge on any atom is 0.0468 e. The predicted octanol–water partition coefficient (Wildman–Crippen LogP) is 4.75. The summed E-state index contributed by atoms with van der Waals surface area (Å²) in [4.78, 5) is 0. The van der Waals surface area contributed by atoms with E-state index in [1.54, 1.807) is 0 Å². The van der Waals surface area contributed by atoms with E-state index in [1.807, 2.05) is 13.0 Å². The Kier molecular flexibility index (Phi) is 5.07. The summed E-state index contributed by atoms with van der Waals surface area (Å²) < 4.78 is 0. The Morgan fingerprint density at radius 1 is 1.25 bits per heavy atom. The van der Waals surface area contributed by atoms with Gasteiger partial charge in [0.05, 0.1) is 0 Å². The molecule has 1 aromatic rings. The van der Waals surface area contributed by atoms with E-state index in [9.17, 15) is 0 Å². The highest BCUT2D eigenvalue weighted by atomic mass is 35.5. The van der Waals surface area contributed by atoms with Gasteiger partial charge in [-0.25, -0.2) is 0 Å². The molecule has 0 spiro atoms. The lowest BCUT2D eigenvalue weighted by Gasteiger charge is -2.02. The molecule has 84 valence electrons. The summed E-state index contributed by atoms with van der Waals surface area (Å²) in [6, 6.07) is 8.48. The highest BCUT2D eigenvalue weighted by Gasteiger charge is 1.96. The number of allylic oxidation sites excluding steroid dienone is 5. The second-order valence-corrected chi connectivity index (χ2v) is 4.00. The third kappa shape index (κ3) is 3.71. The molecule has 1 heteroatoms. The second kappa shape index (κ2) is 6.34. The molecule has 0 aliphatic heterocycles. The van der Waals surface area contributed by atoms with Crippen LogP contribution in [-0.2, 0) is 0 Å². The van der Waals surface area contributed by atoms with E-state index in [1.165, 1.54) is 16.7 Å². The summed E-state index contributed by atoms with van der Waals surface area (Å²) in [6.45, 7) is 7.96. The van der Waals surface area contributed by atoms with Crippen molar-refractivity contribution in [3.63, 3.8) is 0 Å². The van der Waals surface area contributed by atoms with Crippen LogP contribution < -0.4 is 0 Å². The Labute approximate surface area is 103 Å². The summed E-state index contributed by atoms with van der Waals surface area (Å²) in [6.07, 6.45) is 6.10. The molecule has 0 aliphatic carbocycles. The van der Waals surface area contributed by atoms with Gasteiger partial charge in [0.1, 0.15) is 0 Å². The van der Waals surface area contributed by atoms with Crippen LogP contribution in [0, 0.1) is 6.92 Å². The minimum Gasteiger partial charge on any atom is -0.122 e. The van der Waals surface area contributed by atoms with E-state index in [0.29, 0.717) is 5.88 Å². The van der Waals surface area contributed by atoms with Gasteiger partial charge in [-0.15, -0.1) is 11.6 Å². The molecular formula is C15H17Cl. The Bertz CT molecular complexity index is 408. The highest BCUT2D eigenvalue weighted by Crippen LogP contribution is 2.17. The van der Waals surface area contributed by atoms with Crippen LogP contribution in [0.4, 0.5) is 0 Å². The van der Waals surface area contributed by atoms with Crippen molar-refractivity contribution in [2.45, 2.75) is 13.8 Å². The number of halogens is 1. The second-order valence-electron chi connectivity index (χ2n) is 3.74. The van der Waals surface area contributed by atoms with Gasteiger partial charge in [0, 0.05) is 5.88 Å². The predicted molar refractivity (Wildman–Crippen MR) is 73.8 cm³/mol. The summed E-state index contributed by atoms with van der Waals surface area (Å²) in [5.41, 5.74) is 4.60.